The fraction of sp³-hybridized carbons (Fsp3) is 0.143. The topological polar surface area (TPSA) is 26.0 Å². The molecule has 1 rings (SSSR count). The van der Waals surface area contributed by atoms with Gasteiger partial charge in [0.15, 0.2) is 0 Å². The van der Waals surface area contributed by atoms with Crippen molar-refractivity contribution in [1.82, 2.24) is 0 Å². The number of benzene rings is 1. The summed E-state index contributed by atoms with van der Waals surface area (Å²) in [6.45, 7) is 0.628. The number of nitrogens with two attached hydrogens (primary N) is 1. The predicted molar refractivity (Wildman–Crippen MR) is 72.5 cm³/mol. The molecule has 0 aromatic heterocycles. The van der Waals surface area contributed by atoms with E-state index >= 15 is 0 Å². The monoisotopic (exact) mass is 485 g/mol. The van der Waals surface area contributed by atoms with Crippen molar-refractivity contribution in [2.45, 2.75) is 6.54 Å². The third-order valence-corrected chi connectivity index (χ3v) is 6.21. The van der Waals surface area contributed by atoms with Crippen molar-refractivity contribution in [3.8, 4) is 0 Å². The van der Waals surface area contributed by atoms with Crippen LogP contribution in [0, 0.1) is 10.7 Å². The average molecular weight is 485 g/mol. The van der Waals surface area contributed by atoms with Gasteiger partial charge in [0.2, 0.25) is 0 Å². The van der Waals surface area contributed by atoms with Gasteiger partial charge in [-0.15, -0.1) is 0 Å². The first-order chi connectivity index (χ1) is 5.15. The Morgan fingerprint density at radius 3 is 1.91 bits per heavy atom. The molecule has 0 aliphatic rings. The molecule has 11 heavy (non-hydrogen) atoms. The van der Waals surface area contributed by atoms with Crippen LogP contribution in [0.4, 0.5) is 0 Å². The van der Waals surface area contributed by atoms with E-state index in [1.54, 1.807) is 0 Å². The van der Waals surface area contributed by atoms with Gasteiger partial charge in [0.05, 0.1) is 0 Å². The molecule has 60 valence electrons. The minimum absolute atomic E-state index is 0.628. The summed E-state index contributed by atoms with van der Waals surface area (Å²) in [6, 6.07) is 4.26. The fourth-order valence-corrected chi connectivity index (χ4v) is 2.93. The average Bonchev–Trinajstić information content (AvgIpc) is 1.99. The molecule has 0 radical (unpaired) electrons. The van der Waals surface area contributed by atoms with Gasteiger partial charge >= 0.3 is 0 Å². The lowest BCUT2D eigenvalue weighted by Crippen LogP contribution is -1.98. The van der Waals surface area contributed by atoms with Crippen LogP contribution in [0.25, 0.3) is 0 Å². The molecular weight excluding hydrogens is 479 g/mol. The first kappa shape index (κ1) is 10.5. The molecule has 0 aliphatic heterocycles. The van der Waals surface area contributed by atoms with Crippen LogP contribution in [-0.2, 0) is 6.54 Å². The van der Waals surface area contributed by atoms with Crippen LogP contribution in [0.15, 0.2) is 12.1 Å². The maximum Gasteiger partial charge on any atom is 0.0397 e. The van der Waals surface area contributed by atoms with Crippen molar-refractivity contribution < 1.29 is 0 Å². The number of hydrogen-bond donors (Lipinski definition) is 1. The lowest BCUT2D eigenvalue weighted by molar-refractivity contribution is 1.06. The predicted octanol–water partition coefficient (Wildman–Crippen LogP) is 2.96. The Bertz CT molecular complexity index is 249. The molecule has 2 N–H and O–H groups in total. The second-order valence-electron chi connectivity index (χ2n) is 2.08. The Morgan fingerprint density at radius 2 is 1.55 bits per heavy atom. The van der Waals surface area contributed by atoms with Crippen LogP contribution in [-0.4, -0.2) is 0 Å². The molecule has 0 spiro atoms. The summed E-state index contributed by atoms with van der Waals surface area (Å²) in [5, 5.41) is 0. The van der Waals surface area contributed by atoms with Gasteiger partial charge in [0.25, 0.3) is 0 Å². The zero-order valence-electron chi connectivity index (χ0n) is 5.57. The summed E-state index contributed by atoms with van der Waals surface area (Å²) in [4.78, 5) is 0. The number of halogens is 3. The molecule has 0 unspecified atom stereocenters. The molecule has 4 heteroatoms. The Kier molecular flexibility index (Phi) is 4.33. The van der Waals surface area contributed by atoms with Crippen molar-refractivity contribution in [2.75, 3.05) is 0 Å². The van der Waals surface area contributed by atoms with Gasteiger partial charge < -0.3 is 5.73 Å². The maximum atomic E-state index is 5.53. The van der Waals surface area contributed by atoms with Crippen LogP contribution in [0.1, 0.15) is 5.56 Å². The van der Waals surface area contributed by atoms with Crippen LogP contribution >= 0.6 is 67.8 Å². The molecular formula is C7H6I3N. The zero-order chi connectivity index (χ0) is 8.43. The summed E-state index contributed by atoms with van der Waals surface area (Å²) in [6.07, 6.45) is 0. The highest BCUT2D eigenvalue weighted by atomic mass is 127. The summed E-state index contributed by atoms with van der Waals surface area (Å²) in [5.74, 6) is 0. The maximum absolute atomic E-state index is 5.53. The molecule has 0 bridgehead atoms. The van der Waals surface area contributed by atoms with Crippen molar-refractivity contribution in [2.24, 2.45) is 5.73 Å². The molecule has 1 nitrogen and oxygen atoms in total. The molecule has 0 aliphatic carbocycles. The third-order valence-electron chi connectivity index (χ3n) is 1.28. The molecule has 0 fully saturated rings. The van der Waals surface area contributed by atoms with Crippen molar-refractivity contribution in [3.63, 3.8) is 0 Å². The van der Waals surface area contributed by atoms with E-state index in [2.05, 4.69) is 79.9 Å². The Morgan fingerprint density at radius 1 is 1.09 bits per heavy atom. The van der Waals surface area contributed by atoms with E-state index in [4.69, 9.17) is 5.73 Å². The summed E-state index contributed by atoms with van der Waals surface area (Å²) >= 11 is 7.01. The van der Waals surface area contributed by atoms with E-state index in [9.17, 15) is 0 Å². The van der Waals surface area contributed by atoms with Crippen LogP contribution in [0.5, 0.6) is 0 Å². The minimum Gasteiger partial charge on any atom is -0.326 e. The van der Waals surface area contributed by atoms with Crippen molar-refractivity contribution >= 4 is 67.8 Å². The lowest BCUT2D eigenvalue weighted by atomic mass is 10.2. The number of rotatable bonds is 1. The van der Waals surface area contributed by atoms with E-state index in [1.165, 1.54) is 16.3 Å². The summed E-state index contributed by atoms with van der Waals surface area (Å²) in [5.41, 5.74) is 6.74. The summed E-state index contributed by atoms with van der Waals surface area (Å²) in [7, 11) is 0. The Labute approximate surface area is 107 Å². The molecule has 0 heterocycles. The minimum atomic E-state index is 0.628. The molecule has 1 aromatic rings. The van der Waals surface area contributed by atoms with Crippen LogP contribution in [0.2, 0.25) is 0 Å². The van der Waals surface area contributed by atoms with E-state index < -0.39 is 0 Å². The van der Waals surface area contributed by atoms with E-state index in [-0.39, 0.29) is 0 Å². The second-order valence-corrected chi connectivity index (χ2v) is 5.48. The Hall–Kier alpha value is 1.37. The SMILES string of the molecule is NCc1cc(I)c(I)c(I)c1. The second kappa shape index (κ2) is 4.56. The lowest BCUT2D eigenvalue weighted by Gasteiger charge is -2.02. The first-order valence-electron chi connectivity index (χ1n) is 2.98. The van der Waals surface area contributed by atoms with E-state index in [1.807, 2.05) is 0 Å². The van der Waals surface area contributed by atoms with Gasteiger partial charge in [-0.3, -0.25) is 0 Å². The largest absolute Gasteiger partial charge is 0.326 e. The fourth-order valence-electron chi connectivity index (χ4n) is 0.726. The van der Waals surface area contributed by atoms with Gasteiger partial charge in [-0.2, -0.15) is 0 Å². The van der Waals surface area contributed by atoms with Crippen molar-refractivity contribution in [1.29, 1.82) is 0 Å². The molecule has 0 saturated carbocycles. The van der Waals surface area contributed by atoms with Crippen molar-refractivity contribution in [3.05, 3.63) is 28.4 Å². The van der Waals surface area contributed by atoms with Gasteiger partial charge in [-0.25, -0.2) is 0 Å². The van der Waals surface area contributed by atoms with Gasteiger partial charge in [0.1, 0.15) is 0 Å². The van der Waals surface area contributed by atoms with E-state index in [0.717, 1.165) is 0 Å². The van der Waals surface area contributed by atoms with E-state index in [0.29, 0.717) is 6.54 Å². The Balaban J connectivity index is 3.21. The highest BCUT2D eigenvalue weighted by Gasteiger charge is 2.02. The number of hydrogen-bond acceptors (Lipinski definition) is 1. The highest BCUT2D eigenvalue weighted by Crippen LogP contribution is 2.22. The first-order valence-corrected chi connectivity index (χ1v) is 6.22. The molecule has 0 saturated heterocycles. The zero-order valence-corrected chi connectivity index (χ0v) is 12.0. The van der Waals surface area contributed by atoms with Gasteiger partial charge in [0, 0.05) is 17.3 Å². The smallest absolute Gasteiger partial charge is 0.0397 e. The summed E-state index contributed by atoms with van der Waals surface area (Å²) < 4.78 is 3.90. The third kappa shape index (κ3) is 2.66. The normalized spacial score (nSPS) is 10.2. The van der Waals surface area contributed by atoms with Crippen LogP contribution < -0.4 is 5.73 Å². The van der Waals surface area contributed by atoms with Crippen LogP contribution in [0.3, 0.4) is 0 Å². The molecule has 0 atom stereocenters. The van der Waals surface area contributed by atoms with Gasteiger partial charge in [-0.05, 0) is 85.5 Å². The highest BCUT2D eigenvalue weighted by molar-refractivity contribution is 14.1. The molecule has 1 aromatic carbocycles. The van der Waals surface area contributed by atoms with Gasteiger partial charge in [-0.1, -0.05) is 0 Å². The standard InChI is InChI=1S/C7H6I3N/c8-5-1-4(3-11)2-6(9)7(5)10/h1-2H,3,11H2. The quantitative estimate of drug-likeness (QED) is 0.481. The molecule has 0 amide bonds.